The first-order valence-electron chi connectivity index (χ1n) is 12.9. The number of rotatable bonds is 16. The molecule has 200 valence electrons. The normalized spacial score (nSPS) is 12.0. The van der Waals surface area contributed by atoms with Crippen molar-refractivity contribution in [2.24, 2.45) is 0 Å². The van der Waals surface area contributed by atoms with E-state index in [1.165, 1.54) is 10.4 Å². The maximum Gasteiger partial charge on any atom is 0.261 e. The van der Waals surface area contributed by atoms with E-state index in [9.17, 15) is 0 Å². The van der Waals surface area contributed by atoms with Crippen molar-refractivity contribution in [2.75, 3.05) is 58.6 Å². The highest BCUT2D eigenvalue weighted by atomic mass is 28.4. The van der Waals surface area contributed by atoms with Crippen molar-refractivity contribution in [3.63, 3.8) is 0 Å². The van der Waals surface area contributed by atoms with Gasteiger partial charge in [-0.3, -0.25) is 0 Å². The summed E-state index contributed by atoms with van der Waals surface area (Å²) in [5.41, 5.74) is 6.38. The van der Waals surface area contributed by atoms with Crippen LogP contribution in [0.3, 0.4) is 0 Å². The predicted octanol–water partition coefficient (Wildman–Crippen LogP) is 4.27. The molecule has 3 aromatic rings. The fourth-order valence-corrected chi connectivity index (χ4v) is 8.88. The van der Waals surface area contributed by atoms with E-state index in [-0.39, 0.29) is 5.04 Å². The quantitative estimate of drug-likeness (QED) is 0.172. The highest BCUT2D eigenvalue weighted by Gasteiger charge is 2.49. The third-order valence-electron chi connectivity index (χ3n) is 6.08. The van der Waals surface area contributed by atoms with Crippen LogP contribution in [-0.2, 0) is 18.6 Å². The summed E-state index contributed by atoms with van der Waals surface area (Å²) in [6.07, 6.45) is 0. The third kappa shape index (κ3) is 8.69. The molecule has 7 heteroatoms. The van der Waals surface area contributed by atoms with Gasteiger partial charge in [0.1, 0.15) is 12.4 Å². The summed E-state index contributed by atoms with van der Waals surface area (Å²) in [4.78, 5) is 0. The van der Waals surface area contributed by atoms with E-state index in [2.05, 4.69) is 81.4 Å². The first kappa shape index (κ1) is 28.9. The van der Waals surface area contributed by atoms with Gasteiger partial charge in [-0.15, -0.1) is 0 Å². The monoisotopic (exact) mass is 523 g/mol. The highest BCUT2D eigenvalue weighted by molar-refractivity contribution is 6.99. The maximum atomic E-state index is 6.82. The van der Waals surface area contributed by atoms with Crippen molar-refractivity contribution in [2.45, 2.75) is 25.8 Å². The Morgan fingerprint density at radius 3 is 1.46 bits per heavy atom. The maximum absolute atomic E-state index is 6.82. The van der Waals surface area contributed by atoms with Gasteiger partial charge in [-0.2, -0.15) is 0 Å². The molecule has 0 unspecified atom stereocenters. The molecule has 0 aliphatic heterocycles. The summed E-state index contributed by atoms with van der Waals surface area (Å²) in [6.45, 7) is 10.9. The van der Waals surface area contributed by atoms with Gasteiger partial charge in [-0.25, -0.2) is 0 Å². The van der Waals surface area contributed by atoms with Gasteiger partial charge in [-0.1, -0.05) is 81.4 Å². The zero-order valence-electron chi connectivity index (χ0n) is 22.4. The lowest BCUT2D eigenvalue weighted by atomic mass is 10.2. The number of hydrogen-bond acceptors (Lipinski definition) is 6. The Balaban J connectivity index is 1.33. The van der Waals surface area contributed by atoms with Crippen LogP contribution in [0, 0.1) is 0 Å². The summed E-state index contributed by atoms with van der Waals surface area (Å²) in [5.74, 6) is 0.783. The molecule has 0 atom stereocenters. The van der Waals surface area contributed by atoms with E-state index in [4.69, 9.17) is 29.1 Å². The molecule has 0 saturated carbocycles. The minimum Gasteiger partial charge on any atom is -0.491 e. The number of nitrogen functional groups attached to an aromatic ring is 1. The predicted molar refractivity (Wildman–Crippen MR) is 152 cm³/mol. The van der Waals surface area contributed by atoms with Crippen LogP contribution in [0.1, 0.15) is 20.8 Å². The molecule has 0 spiro atoms. The zero-order chi connectivity index (χ0) is 26.4. The molecule has 0 aliphatic carbocycles. The molecule has 0 saturated heterocycles. The van der Waals surface area contributed by atoms with E-state index in [1.807, 2.05) is 24.3 Å². The Labute approximate surface area is 222 Å². The average Bonchev–Trinajstić information content (AvgIpc) is 2.90. The van der Waals surface area contributed by atoms with Gasteiger partial charge in [-0.05, 0) is 39.7 Å². The van der Waals surface area contributed by atoms with Gasteiger partial charge in [0.05, 0.1) is 46.2 Å². The molecule has 0 fully saturated rings. The minimum absolute atomic E-state index is 0.0427. The lowest BCUT2D eigenvalue weighted by Crippen LogP contribution is -2.66. The Bertz CT molecular complexity index is 970. The molecular formula is C30H41NO5Si. The fraction of sp³-hybridized carbons (Fsp3) is 0.400. The SMILES string of the molecule is CC(C)(C)[Si](OCCOCCOCCOCCOc1ccc(N)cc1)(c1ccccc1)c1ccccc1. The Morgan fingerprint density at radius 2 is 1.00 bits per heavy atom. The largest absolute Gasteiger partial charge is 0.491 e. The van der Waals surface area contributed by atoms with Crippen LogP contribution in [0.2, 0.25) is 5.04 Å². The number of hydrogen-bond donors (Lipinski definition) is 1. The summed E-state index contributed by atoms with van der Waals surface area (Å²) in [6, 6.07) is 28.6. The molecule has 0 bridgehead atoms. The second-order valence-corrected chi connectivity index (χ2v) is 14.1. The molecule has 0 amide bonds. The molecule has 0 radical (unpaired) electrons. The van der Waals surface area contributed by atoms with Crippen LogP contribution in [-0.4, -0.2) is 61.2 Å². The average molecular weight is 524 g/mol. The van der Waals surface area contributed by atoms with Crippen LogP contribution in [0.4, 0.5) is 5.69 Å². The van der Waals surface area contributed by atoms with Crippen molar-refractivity contribution in [1.82, 2.24) is 0 Å². The molecule has 3 aromatic carbocycles. The van der Waals surface area contributed by atoms with Gasteiger partial charge in [0.15, 0.2) is 0 Å². The van der Waals surface area contributed by atoms with Crippen LogP contribution < -0.4 is 20.8 Å². The standard InChI is InChI=1S/C30H41NO5Si/c1-30(2,3)37(28-10-6-4-7-11-28,29-12-8-5-9-13-29)36-25-23-34-21-19-32-18-20-33-22-24-35-27-16-14-26(31)15-17-27/h4-17H,18-25,31H2,1-3H3. The van der Waals surface area contributed by atoms with Crippen molar-refractivity contribution in [3.8, 4) is 5.75 Å². The molecule has 0 heterocycles. The van der Waals surface area contributed by atoms with Gasteiger partial charge >= 0.3 is 0 Å². The zero-order valence-corrected chi connectivity index (χ0v) is 23.4. The molecular weight excluding hydrogens is 482 g/mol. The van der Waals surface area contributed by atoms with Gasteiger partial charge < -0.3 is 29.1 Å². The lowest BCUT2D eigenvalue weighted by molar-refractivity contribution is 0.00451. The summed E-state index contributed by atoms with van der Waals surface area (Å²) >= 11 is 0. The smallest absolute Gasteiger partial charge is 0.261 e. The number of ether oxygens (including phenoxy) is 4. The lowest BCUT2D eigenvalue weighted by Gasteiger charge is -2.43. The summed E-state index contributed by atoms with van der Waals surface area (Å²) < 4.78 is 29.4. The molecule has 3 rings (SSSR count). The Kier molecular flexibility index (Phi) is 11.6. The minimum atomic E-state index is -2.51. The molecule has 6 nitrogen and oxygen atoms in total. The van der Waals surface area contributed by atoms with Crippen LogP contribution >= 0.6 is 0 Å². The van der Waals surface area contributed by atoms with E-state index in [1.54, 1.807) is 0 Å². The number of benzene rings is 3. The van der Waals surface area contributed by atoms with Crippen molar-refractivity contribution >= 4 is 24.4 Å². The van der Waals surface area contributed by atoms with Gasteiger partial charge in [0.2, 0.25) is 0 Å². The first-order valence-corrected chi connectivity index (χ1v) is 14.8. The Morgan fingerprint density at radius 1 is 0.568 bits per heavy atom. The molecule has 0 aromatic heterocycles. The van der Waals surface area contributed by atoms with Crippen LogP contribution in [0.15, 0.2) is 84.9 Å². The first-order chi connectivity index (χ1) is 17.9. The second kappa shape index (κ2) is 14.9. The number of anilines is 1. The van der Waals surface area contributed by atoms with Crippen LogP contribution in [0.5, 0.6) is 5.75 Å². The summed E-state index contributed by atoms with van der Waals surface area (Å²) in [5, 5.41) is 2.51. The fourth-order valence-electron chi connectivity index (χ4n) is 4.34. The second-order valence-electron chi connectivity index (χ2n) is 9.77. The van der Waals surface area contributed by atoms with Gasteiger partial charge in [0.25, 0.3) is 8.32 Å². The number of nitrogens with two attached hydrogens (primary N) is 1. The molecule has 2 N–H and O–H groups in total. The van der Waals surface area contributed by atoms with E-state index in [0.717, 1.165) is 11.4 Å². The topological polar surface area (TPSA) is 72.2 Å². The Hall–Kier alpha value is -2.68. The summed E-state index contributed by atoms with van der Waals surface area (Å²) in [7, 11) is -2.51. The van der Waals surface area contributed by atoms with E-state index < -0.39 is 8.32 Å². The van der Waals surface area contributed by atoms with Crippen molar-refractivity contribution in [3.05, 3.63) is 84.9 Å². The highest BCUT2D eigenvalue weighted by Crippen LogP contribution is 2.36. The van der Waals surface area contributed by atoms with E-state index in [0.29, 0.717) is 52.9 Å². The molecule has 37 heavy (non-hydrogen) atoms. The van der Waals surface area contributed by atoms with Crippen molar-refractivity contribution in [1.29, 1.82) is 0 Å². The van der Waals surface area contributed by atoms with Gasteiger partial charge in [0, 0.05) is 5.69 Å². The molecule has 0 aliphatic rings. The van der Waals surface area contributed by atoms with Crippen LogP contribution in [0.25, 0.3) is 0 Å². The van der Waals surface area contributed by atoms with E-state index >= 15 is 0 Å². The third-order valence-corrected chi connectivity index (χ3v) is 11.1. The van der Waals surface area contributed by atoms with Crippen molar-refractivity contribution < 1.29 is 23.4 Å².